The highest BCUT2D eigenvalue weighted by atomic mass is 35.5. The van der Waals surface area contributed by atoms with Crippen LogP contribution in [0.25, 0.3) is 0 Å². The number of benzene rings is 2. The van der Waals surface area contributed by atoms with Crippen molar-refractivity contribution in [2.24, 2.45) is 11.5 Å². The van der Waals surface area contributed by atoms with Gasteiger partial charge in [0.15, 0.2) is 5.12 Å². The summed E-state index contributed by atoms with van der Waals surface area (Å²) in [6.07, 6.45) is 0.811. The van der Waals surface area contributed by atoms with Crippen molar-refractivity contribution >= 4 is 75.2 Å². The van der Waals surface area contributed by atoms with E-state index in [1.165, 1.54) is 0 Å². The molecule has 0 aromatic heterocycles. The fraction of sp³-hybridized carbons (Fsp3) is 0.414. The minimum atomic E-state index is -1.27. The molecule has 12 nitrogen and oxygen atoms in total. The predicted molar refractivity (Wildman–Crippen MR) is 171 cm³/mol. The Bertz CT molecular complexity index is 1300. The van der Waals surface area contributed by atoms with Gasteiger partial charge < -0.3 is 37.6 Å². The Morgan fingerprint density at radius 3 is 2.16 bits per heavy atom. The van der Waals surface area contributed by atoms with Crippen molar-refractivity contribution in [1.82, 2.24) is 10.6 Å². The van der Waals surface area contributed by atoms with E-state index in [0.717, 1.165) is 11.8 Å². The van der Waals surface area contributed by atoms with Gasteiger partial charge in [-0.1, -0.05) is 59.2 Å². The normalized spacial score (nSPS) is 12.9. The Morgan fingerprint density at radius 2 is 1.52 bits per heavy atom. The summed E-state index contributed by atoms with van der Waals surface area (Å²) in [6, 6.07) is 8.60. The fourth-order valence-corrected chi connectivity index (χ4v) is 5.34. The van der Waals surface area contributed by atoms with Gasteiger partial charge in [0.05, 0.1) is 15.7 Å². The quantitative estimate of drug-likeness (QED) is 0.108. The summed E-state index contributed by atoms with van der Waals surface area (Å²) >= 11 is 13.5. The topological polar surface area (TPSA) is 214 Å². The van der Waals surface area contributed by atoms with Crippen LogP contribution in [0.5, 0.6) is 0 Å². The van der Waals surface area contributed by atoms with Crippen LogP contribution in [0.2, 0.25) is 10.0 Å². The third kappa shape index (κ3) is 12.7. The summed E-state index contributed by atoms with van der Waals surface area (Å²) in [5.74, 6) is -3.74. The number of carboxylic acids is 2. The molecule has 3 atom stereocenters. The van der Waals surface area contributed by atoms with Crippen LogP contribution in [0, 0.1) is 0 Å². The lowest BCUT2D eigenvalue weighted by atomic mass is 10.1. The number of carbonyl (C=O) groups is 5. The van der Waals surface area contributed by atoms with E-state index in [-0.39, 0.29) is 43.0 Å². The van der Waals surface area contributed by atoms with E-state index in [2.05, 4.69) is 16.0 Å². The number of halogens is 2. The van der Waals surface area contributed by atoms with Crippen molar-refractivity contribution < 1.29 is 34.2 Å². The highest BCUT2D eigenvalue weighted by Gasteiger charge is 2.27. The summed E-state index contributed by atoms with van der Waals surface area (Å²) in [7, 11) is 0. The number of amides is 2. The number of carboxylic acid groups (broad SMARTS) is 2. The first-order valence-corrected chi connectivity index (χ1v) is 15.6. The number of carbonyl (C=O) groups excluding carboxylic acids is 3. The van der Waals surface area contributed by atoms with E-state index >= 15 is 0 Å². The minimum absolute atomic E-state index is 0.00321. The summed E-state index contributed by atoms with van der Waals surface area (Å²) in [6.45, 7) is 0.372. The van der Waals surface area contributed by atoms with Crippen LogP contribution in [0.3, 0.4) is 0 Å². The molecular formula is C29H37Cl2N5O7S. The summed E-state index contributed by atoms with van der Waals surface area (Å²) in [5, 5.41) is 27.2. The van der Waals surface area contributed by atoms with Crippen LogP contribution in [0.4, 0.5) is 11.4 Å². The molecular weight excluding hydrogens is 633 g/mol. The molecule has 2 aromatic carbocycles. The molecule has 0 heterocycles. The number of rotatable bonds is 19. The Labute approximate surface area is 269 Å². The van der Waals surface area contributed by atoms with Crippen molar-refractivity contribution in [3.63, 3.8) is 0 Å². The molecule has 240 valence electrons. The molecule has 44 heavy (non-hydrogen) atoms. The average Bonchev–Trinajstić information content (AvgIpc) is 2.97. The van der Waals surface area contributed by atoms with Gasteiger partial charge in [0.2, 0.25) is 11.8 Å². The molecule has 0 aliphatic carbocycles. The second kappa shape index (κ2) is 19.1. The van der Waals surface area contributed by atoms with Crippen molar-refractivity contribution in [2.75, 3.05) is 17.6 Å². The first kappa shape index (κ1) is 36.8. The van der Waals surface area contributed by atoms with E-state index in [4.69, 9.17) is 39.8 Å². The number of hydrogen-bond donors (Lipinski definition) is 7. The molecule has 2 aromatic rings. The van der Waals surface area contributed by atoms with E-state index < -0.39 is 41.9 Å². The zero-order chi connectivity index (χ0) is 32.6. The van der Waals surface area contributed by atoms with Crippen LogP contribution in [-0.2, 0) is 30.4 Å². The van der Waals surface area contributed by atoms with Gasteiger partial charge in [0.1, 0.15) is 18.1 Å². The largest absolute Gasteiger partial charge is 0.480 e. The number of anilines is 2. The van der Waals surface area contributed by atoms with Gasteiger partial charge >= 0.3 is 11.9 Å². The Kier molecular flexibility index (Phi) is 16.0. The molecule has 3 unspecified atom stereocenters. The highest BCUT2D eigenvalue weighted by Crippen LogP contribution is 2.34. The van der Waals surface area contributed by atoms with E-state index in [0.29, 0.717) is 46.4 Å². The highest BCUT2D eigenvalue weighted by molar-refractivity contribution is 8.13. The first-order chi connectivity index (χ1) is 20.9. The van der Waals surface area contributed by atoms with E-state index in [9.17, 15) is 29.1 Å². The molecule has 0 bridgehead atoms. The average molecular weight is 671 g/mol. The van der Waals surface area contributed by atoms with Crippen LogP contribution < -0.4 is 27.4 Å². The number of thioether (sulfide) groups is 1. The number of para-hydroxylation sites is 2. The number of nitrogens with two attached hydrogens (primary N) is 2. The Morgan fingerprint density at radius 1 is 0.841 bits per heavy atom. The van der Waals surface area contributed by atoms with Crippen molar-refractivity contribution in [1.29, 1.82) is 0 Å². The van der Waals surface area contributed by atoms with Crippen LogP contribution in [-0.4, -0.2) is 69.5 Å². The fourth-order valence-electron chi connectivity index (χ4n) is 4.01. The third-order valence-electron chi connectivity index (χ3n) is 6.46. The zero-order valence-electron chi connectivity index (χ0n) is 23.9. The SMILES string of the molecule is NCCCCC(NC(=O)C(CCSC(=O)Cc1ccccc1Nc1c(Cl)cccc1Cl)NC(=O)CCC(N)C(=O)O)C(=O)O. The smallest absolute Gasteiger partial charge is 0.326 e. The monoisotopic (exact) mass is 669 g/mol. The standard InChI is InChI=1S/C29H37Cl2N5O7S/c30-18-7-5-8-19(31)26(18)35-21-9-2-1-6-17(21)16-25(38)44-15-13-22(34-24(37)12-11-20(33)28(40)41)27(39)36-23(29(42)43)10-3-4-14-32/h1-2,5-9,20,22-23,35H,3-4,10-16,32-33H2,(H,34,37)(H,36,39)(H,40,41)(H,42,43). The van der Waals surface area contributed by atoms with Gasteiger partial charge in [-0.3, -0.25) is 19.2 Å². The second-order valence-corrected chi connectivity index (χ2v) is 11.8. The lowest BCUT2D eigenvalue weighted by Crippen LogP contribution is -2.52. The lowest BCUT2D eigenvalue weighted by Gasteiger charge is -2.21. The molecule has 0 radical (unpaired) electrons. The van der Waals surface area contributed by atoms with Gasteiger partial charge in [-0.2, -0.15) is 0 Å². The van der Waals surface area contributed by atoms with E-state index in [1.807, 2.05) is 0 Å². The van der Waals surface area contributed by atoms with Crippen LogP contribution in [0.1, 0.15) is 44.1 Å². The van der Waals surface area contributed by atoms with Crippen LogP contribution >= 0.6 is 35.0 Å². The van der Waals surface area contributed by atoms with E-state index in [1.54, 1.807) is 42.5 Å². The summed E-state index contributed by atoms with van der Waals surface area (Å²) in [5.41, 5.74) is 12.8. The molecule has 0 saturated heterocycles. The minimum Gasteiger partial charge on any atom is -0.480 e. The van der Waals surface area contributed by atoms with Gasteiger partial charge in [0, 0.05) is 24.3 Å². The van der Waals surface area contributed by atoms with Crippen LogP contribution in [0.15, 0.2) is 42.5 Å². The summed E-state index contributed by atoms with van der Waals surface area (Å²) in [4.78, 5) is 61.2. The first-order valence-electron chi connectivity index (χ1n) is 13.9. The lowest BCUT2D eigenvalue weighted by molar-refractivity contribution is -0.142. The molecule has 9 N–H and O–H groups in total. The number of unbranched alkanes of at least 4 members (excludes halogenated alkanes) is 1. The van der Waals surface area contributed by atoms with Gasteiger partial charge in [-0.25, -0.2) is 4.79 Å². The molecule has 0 fully saturated rings. The molecule has 0 saturated carbocycles. The van der Waals surface area contributed by atoms with Crippen molar-refractivity contribution in [3.05, 3.63) is 58.1 Å². The van der Waals surface area contributed by atoms with Crippen molar-refractivity contribution in [2.45, 2.75) is 63.1 Å². The number of nitrogens with one attached hydrogen (secondary N) is 3. The molecule has 2 amide bonds. The molecule has 2 rings (SSSR count). The zero-order valence-corrected chi connectivity index (χ0v) is 26.2. The van der Waals surface area contributed by atoms with Gasteiger partial charge in [-0.05, 0) is 62.4 Å². The maximum absolute atomic E-state index is 13.1. The molecule has 15 heteroatoms. The Hall–Kier alpha value is -3.36. The van der Waals surface area contributed by atoms with Gasteiger partial charge in [0.25, 0.3) is 0 Å². The molecule has 0 spiro atoms. The molecule has 0 aliphatic heterocycles. The maximum Gasteiger partial charge on any atom is 0.326 e. The maximum atomic E-state index is 13.1. The number of aliphatic carboxylic acids is 2. The predicted octanol–water partition coefficient (Wildman–Crippen LogP) is 3.30. The second-order valence-electron chi connectivity index (χ2n) is 9.85. The summed E-state index contributed by atoms with van der Waals surface area (Å²) < 4.78 is 0. The number of hydrogen-bond acceptors (Lipinski definition) is 9. The van der Waals surface area contributed by atoms with Crippen molar-refractivity contribution in [3.8, 4) is 0 Å². The molecule has 0 aliphatic rings. The Balaban J connectivity index is 2.06. The third-order valence-corrected chi connectivity index (χ3v) is 7.99. The van der Waals surface area contributed by atoms with Gasteiger partial charge in [-0.15, -0.1) is 0 Å².